The van der Waals surface area contributed by atoms with Gasteiger partial charge in [0.1, 0.15) is 11.8 Å². The molecule has 2 N–H and O–H groups in total. The number of carboxylic acids is 1. The molecule has 24 heavy (non-hydrogen) atoms. The molecule has 1 aromatic carbocycles. The van der Waals surface area contributed by atoms with E-state index in [1.807, 2.05) is 41.3 Å². The number of benzene rings is 1. The number of aromatic nitrogens is 1. The predicted octanol–water partition coefficient (Wildman–Crippen LogP) is 2.36. The number of ether oxygens (including phenoxy) is 1. The Hall–Kier alpha value is -2.15. The van der Waals surface area contributed by atoms with Crippen molar-refractivity contribution in [2.75, 3.05) is 19.1 Å². The monoisotopic (exact) mass is 350 g/mol. The number of aliphatic carboxylic acids is 1. The van der Waals surface area contributed by atoms with E-state index in [1.54, 1.807) is 18.9 Å². The minimum Gasteiger partial charge on any atom is -0.496 e. The summed E-state index contributed by atoms with van der Waals surface area (Å²) >= 11 is 1.56. The van der Waals surface area contributed by atoms with Gasteiger partial charge in [0.25, 0.3) is 0 Å². The Kier molecular flexibility index (Phi) is 6.54. The van der Waals surface area contributed by atoms with E-state index < -0.39 is 12.0 Å². The molecule has 0 spiro atoms. The van der Waals surface area contributed by atoms with E-state index in [4.69, 9.17) is 9.84 Å². The summed E-state index contributed by atoms with van der Waals surface area (Å²) in [6.45, 7) is 0.483. The summed E-state index contributed by atoms with van der Waals surface area (Å²) in [5.41, 5.74) is 0.985. The summed E-state index contributed by atoms with van der Waals surface area (Å²) in [5, 5.41) is 12.7. The molecule has 130 valence electrons. The summed E-state index contributed by atoms with van der Waals surface area (Å²) < 4.78 is 7.29. The quantitative estimate of drug-likeness (QED) is 0.726. The molecule has 2 rings (SSSR count). The largest absolute Gasteiger partial charge is 0.496 e. The highest BCUT2D eigenvalue weighted by Gasteiger charge is 2.19. The number of hydrogen-bond donors (Lipinski definition) is 2. The fourth-order valence-electron chi connectivity index (χ4n) is 2.55. The van der Waals surface area contributed by atoms with Gasteiger partial charge in [-0.25, -0.2) is 4.79 Å². The number of thioether (sulfide) groups is 1. The lowest BCUT2D eigenvalue weighted by molar-refractivity contribution is -0.141. The van der Waals surface area contributed by atoms with Crippen molar-refractivity contribution >= 4 is 34.5 Å². The molecule has 7 heteroatoms. The van der Waals surface area contributed by atoms with Gasteiger partial charge in [-0.2, -0.15) is 11.8 Å². The summed E-state index contributed by atoms with van der Waals surface area (Å²) in [6.07, 6.45) is 4.46. The van der Waals surface area contributed by atoms with E-state index in [0.717, 1.165) is 16.7 Å². The zero-order chi connectivity index (χ0) is 17.5. The van der Waals surface area contributed by atoms with Crippen molar-refractivity contribution in [3.63, 3.8) is 0 Å². The van der Waals surface area contributed by atoms with Gasteiger partial charge >= 0.3 is 5.97 Å². The lowest BCUT2D eigenvalue weighted by atomic mass is 10.2. The maximum atomic E-state index is 12.1. The number of hydrogen-bond acceptors (Lipinski definition) is 4. The highest BCUT2D eigenvalue weighted by atomic mass is 32.2. The van der Waals surface area contributed by atoms with Crippen molar-refractivity contribution in [2.24, 2.45) is 0 Å². The summed E-state index contributed by atoms with van der Waals surface area (Å²) in [5.74, 6) is 0.236. The number of fused-ring (bicyclic) bond motifs is 1. The second-order valence-electron chi connectivity index (χ2n) is 5.39. The fourth-order valence-corrected chi connectivity index (χ4v) is 3.02. The SMILES string of the molecule is COc1cccc2c1ccn2CCC(=O)NC(CCSC)C(=O)O. The summed E-state index contributed by atoms with van der Waals surface area (Å²) in [4.78, 5) is 23.2. The Balaban J connectivity index is 1.97. The molecule has 2 aromatic rings. The number of amides is 1. The van der Waals surface area contributed by atoms with Crippen molar-refractivity contribution in [1.82, 2.24) is 9.88 Å². The van der Waals surface area contributed by atoms with Crippen LogP contribution >= 0.6 is 11.8 Å². The molecule has 0 bridgehead atoms. The number of carbonyl (C=O) groups is 2. The zero-order valence-electron chi connectivity index (χ0n) is 13.8. The number of carboxylic acid groups (broad SMARTS) is 1. The molecule has 0 fully saturated rings. The zero-order valence-corrected chi connectivity index (χ0v) is 14.6. The lowest BCUT2D eigenvalue weighted by Crippen LogP contribution is -2.41. The number of rotatable bonds is 9. The molecule has 1 aromatic heterocycles. The molecule has 1 unspecified atom stereocenters. The van der Waals surface area contributed by atoms with E-state index in [1.165, 1.54) is 0 Å². The molecule has 0 aliphatic carbocycles. The lowest BCUT2D eigenvalue weighted by Gasteiger charge is -2.14. The first kappa shape index (κ1) is 18.2. The average molecular weight is 350 g/mol. The van der Waals surface area contributed by atoms with Crippen LogP contribution in [0.15, 0.2) is 30.5 Å². The van der Waals surface area contributed by atoms with E-state index in [-0.39, 0.29) is 12.3 Å². The highest BCUT2D eigenvalue weighted by molar-refractivity contribution is 7.98. The summed E-state index contributed by atoms with van der Waals surface area (Å²) in [6, 6.07) is 6.88. The number of nitrogens with zero attached hydrogens (tertiary/aromatic N) is 1. The van der Waals surface area contributed by atoms with Gasteiger partial charge in [-0.3, -0.25) is 4.79 Å². The van der Waals surface area contributed by atoms with Crippen molar-refractivity contribution in [3.05, 3.63) is 30.5 Å². The average Bonchev–Trinajstić information content (AvgIpc) is 2.99. The van der Waals surface area contributed by atoms with E-state index in [0.29, 0.717) is 18.7 Å². The minimum atomic E-state index is -0.992. The van der Waals surface area contributed by atoms with Crippen LogP contribution in [-0.2, 0) is 16.1 Å². The summed E-state index contributed by atoms with van der Waals surface area (Å²) in [7, 11) is 1.63. The maximum absolute atomic E-state index is 12.1. The van der Waals surface area contributed by atoms with Crippen LogP contribution in [0.1, 0.15) is 12.8 Å². The van der Waals surface area contributed by atoms with Gasteiger partial charge in [0.2, 0.25) is 5.91 Å². The first-order chi connectivity index (χ1) is 11.6. The maximum Gasteiger partial charge on any atom is 0.326 e. The number of methoxy groups -OCH3 is 1. The van der Waals surface area contributed by atoms with E-state index in [9.17, 15) is 9.59 Å². The van der Waals surface area contributed by atoms with Crippen LogP contribution in [0.3, 0.4) is 0 Å². The number of aryl methyl sites for hydroxylation is 1. The molecule has 0 saturated carbocycles. The number of carbonyl (C=O) groups excluding carboxylic acids is 1. The van der Waals surface area contributed by atoms with Gasteiger partial charge in [0, 0.05) is 24.5 Å². The van der Waals surface area contributed by atoms with E-state index >= 15 is 0 Å². The molecular formula is C17H22N2O4S. The topological polar surface area (TPSA) is 80.6 Å². The van der Waals surface area contributed by atoms with Gasteiger partial charge in [-0.15, -0.1) is 0 Å². The molecule has 0 radical (unpaired) electrons. The van der Waals surface area contributed by atoms with Gasteiger partial charge in [0.05, 0.1) is 12.6 Å². The highest BCUT2D eigenvalue weighted by Crippen LogP contribution is 2.26. The Labute approximate surface area is 145 Å². The van der Waals surface area contributed by atoms with Crippen LogP contribution in [0.4, 0.5) is 0 Å². The van der Waals surface area contributed by atoms with Crippen LogP contribution < -0.4 is 10.1 Å². The van der Waals surface area contributed by atoms with Crippen LogP contribution in [0.25, 0.3) is 10.9 Å². The van der Waals surface area contributed by atoms with Crippen LogP contribution in [-0.4, -0.2) is 46.7 Å². The van der Waals surface area contributed by atoms with Crippen LogP contribution in [0.5, 0.6) is 5.75 Å². The van der Waals surface area contributed by atoms with Gasteiger partial charge in [-0.1, -0.05) is 6.07 Å². The molecule has 1 atom stereocenters. The molecular weight excluding hydrogens is 328 g/mol. The Morgan fingerprint density at radius 3 is 2.83 bits per heavy atom. The third-order valence-electron chi connectivity index (χ3n) is 3.82. The van der Waals surface area contributed by atoms with Crippen molar-refractivity contribution in [3.8, 4) is 5.75 Å². The Morgan fingerprint density at radius 2 is 2.17 bits per heavy atom. The number of nitrogens with one attached hydrogen (secondary N) is 1. The Bertz CT molecular complexity index is 714. The Morgan fingerprint density at radius 1 is 1.38 bits per heavy atom. The first-order valence-electron chi connectivity index (χ1n) is 7.69. The molecule has 1 amide bonds. The smallest absolute Gasteiger partial charge is 0.326 e. The molecule has 0 aliphatic heterocycles. The molecule has 0 saturated heterocycles. The van der Waals surface area contributed by atoms with Gasteiger partial charge < -0.3 is 19.7 Å². The molecule has 6 nitrogen and oxygen atoms in total. The van der Waals surface area contributed by atoms with Crippen molar-refractivity contribution in [1.29, 1.82) is 0 Å². The molecule has 1 heterocycles. The van der Waals surface area contributed by atoms with Crippen LogP contribution in [0.2, 0.25) is 0 Å². The fraction of sp³-hybridized carbons (Fsp3) is 0.412. The van der Waals surface area contributed by atoms with Crippen LogP contribution in [0, 0.1) is 0 Å². The molecule has 0 aliphatic rings. The first-order valence-corrected chi connectivity index (χ1v) is 9.09. The second-order valence-corrected chi connectivity index (χ2v) is 6.38. The third-order valence-corrected chi connectivity index (χ3v) is 4.46. The standard InChI is InChI=1S/C17H22N2O4S/c1-23-15-5-3-4-14-12(15)6-9-19(14)10-7-16(20)18-13(17(21)22)8-11-24-2/h3-6,9,13H,7-8,10-11H2,1-2H3,(H,18,20)(H,21,22). The third kappa shape index (κ3) is 4.44. The van der Waals surface area contributed by atoms with Gasteiger partial charge in [0.15, 0.2) is 0 Å². The second kappa shape index (κ2) is 8.63. The van der Waals surface area contributed by atoms with Gasteiger partial charge in [-0.05, 0) is 36.6 Å². The van der Waals surface area contributed by atoms with E-state index in [2.05, 4.69) is 5.32 Å². The van der Waals surface area contributed by atoms with Crippen molar-refractivity contribution in [2.45, 2.75) is 25.4 Å². The predicted molar refractivity (Wildman–Crippen MR) is 95.7 cm³/mol. The van der Waals surface area contributed by atoms with Crippen molar-refractivity contribution < 1.29 is 19.4 Å². The minimum absolute atomic E-state index is 0.226. The normalized spacial score (nSPS) is 12.1.